The number of amides is 1. The van der Waals surface area contributed by atoms with Crippen LogP contribution in [0.2, 0.25) is 0 Å². The van der Waals surface area contributed by atoms with Crippen molar-refractivity contribution in [3.05, 3.63) is 39.5 Å². The number of benzene rings is 1. The Morgan fingerprint density at radius 1 is 1.40 bits per heavy atom. The van der Waals surface area contributed by atoms with Gasteiger partial charge in [-0.3, -0.25) is 14.4 Å². The molecule has 20 heavy (non-hydrogen) atoms. The third-order valence-electron chi connectivity index (χ3n) is 2.58. The Bertz CT molecular complexity index is 645. The molecule has 0 N–H and O–H groups in total. The van der Waals surface area contributed by atoms with E-state index < -0.39 is 17.9 Å². The van der Waals surface area contributed by atoms with Gasteiger partial charge in [-0.05, 0) is 40.8 Å². The maximum Gasteiger partial charge on any atom is 0.284 e. The van der Waals surface area contributed by atoms with Crippen LogP contribution in [0.1, 0.15) is 12.1 Å². The van der Waals surface area contributed by atoms with E-state index >= 15 is 0 Å². The Morgan fingerprint density at radius 2 is 2.10 bits per heavy atom. The van der Waals surface area contributed by atoms with Crippen LogP contribution >= 0.6 is 22.6 Å². The lowest BCUT2D eigenvalue weighted by Crippen LogP contribution is -2.16. The van der Waals surface area contributed by atoms with Gasteiger partial charge in [0.2, 0.25) is 6.41 Å². The molecule has 0 aliphatic heterocycles. The Hall–Kier alpha value is -1.58. The largest absolute Gasteiger partial charge is 0.284 e. The number of nitrogens with zero attached hydrogens (tertiary/aromatic N) is 3. The average molecular weight is 395 g/mol. The number of halogens is 4. The van der Waals surface area contributed by atoms with Crippen molar-refractivity contribution in [2.75, 3.05) is 4.90 Å². The highest BCUT2D eigenvalue weighted by Crippen LogP contribution is 2.34. The van der Waals surface area contributed by atoms with Gasteiger partial charge < -0.3 is 0 Å². The maximum absolute atomic E-state index is 13.1. The van der Waals surface area contributed by atoms with Crippen LogP contribution in [0.5, 0.6) is 0 Å². The van der Waals surface area contributed by atoms with Crippen LogP contribution < -0.4 is 4.90 Å². The average Bonchev–Trinajstić information content (AvgIpc) is 2.75. The van der Waals surface area contributed by atoms with E-state index in [2.05, 4.69) is 5.10 Å². The lowest BCUT2D eigenvalue weighted by atomic mass is 10.2. The predicted octanol–water partition coefficient (Wildman–Crippen LogP) is 3.40. The van der Waals surface area contributed by atoms with E-state index in [1.54, 1.807) is 0 Å². The summed E-state index contributed by atoms with van der Waals surface area (Å²) < 4.78 is 40.6. The molecular formula is C12H9F3IN3O. The SMILES string of the molecule is Cn1cc(N(C=O)c2ccc(F)cc2I)c(C(F)F)n1. The smallest absolute Gasteiger partial charge is 0.279 e. The van der Waals surface area contributed by atoms with Gasteiger partial charge >= 0.3 is 0 Å². The third-order valence-corrected chi connectivity index (χ3v) is 3.44. The summed E-state index contributed by atoms with van der Waals surface area (Å²) in [4.78, 5) is 12.3. The fourth-order valence-electron chi connectivity index (χ4n) is 1.75. The molecule has 0 atom stereocenters. The van der Waals surface area contributed by atoms with Crippen molar-refractivity contribution in [3.8, 4) is 0 Å². The minimum absolute atomic E-state index is 0.0259. The van der Waals surface area contributed by atoms with Crippen LogP contribution in [-0.2, 0) is 11.8 Å². The summed E-state index contributed by atoms with van der Waals surface area (Å²) in [5.74, 6) is -0.468. The first kappa shape index (κ1) is 14.8. The van der Waals surface area contributed by atoms with Gasteiger partial charge in [0.1, 0.15) is 5.82 Å². The molecular weight excluding hydrogens is 386 g/mol. The van der Waals surface area contributed by atoms with Crippen LogP contribution in [-0.4, -0.2) is 16.2 Å². The summed E-state index contributed by atoms with van der Waals surface area (Å²) in [6.07, 6.45) is -1.10. The molecule has 0 bridgehead atoms. The van der Waals surface area contributed by atoms with Gasteiger partial charge in [0.15, 0.2) is 5.69 Å². The molecule has 8 heteroatoms. The van der Waals surface area contributed by atoms with Gasteiger partial charge in [0.25, 0.3) is 6.43 Å². The summed E-state index contributed by atoms with van der Waals surface area (Å²) in [6.45, 7) is 0. The van der Waals surface area contributed by atoms with Crippen LogP contribution in [0, 0.1) is 9.39 Å². The molecule has 1 aromatic carbocycles. The normalized spacial score (nSPS) is 10.9. The van der Waals surface area contributed by atoms with Crippen molar-refractivity contribution >= 4 is 40.4 Å². The molecule has 0 radical (unpaired) electrons. The molecule has 106 valence electrons. The minimum Gasteiger partial charge on any atom is -0.279 e. The van der Waals surface area contributed by atoms with Gasteiger partial charge in [-0.15, -0.1) is 0 Å². The van der Waals surface area contributed by atoms with Crippen molar-refractivity contribution in [1.82, 2.24) is 9.78 Å². The number of rotatable bonds is 4. The predicted molar refractivity (Wildman–Crippen MR) is 75.5 cm³/mol. The van der Waals surface area contributed by atoms with E-state index in [-0.39, 0.29) is 5.69 Å². The van der Waals surface area contributed by atoms with Crippen molar-refractivity contribution in [2.45, 2.75) is 6.43 Å². The molecule has 0 saturated heterocycles. The first-order valence-corrected chi connectivity index (χ1v) is 6.53. The zero-order chi connectivity index (χ0) is 14.9. The van der Waals surface area contributed by atoms with Crippen LogP contribution in [0.4, 0.5) is 24.5 Å². The monoisotopic (exact) mass is 395 g/mol. The number of carbonyl (C=O) groups is 1. The fraction of sp³-hybridized carbons (Fsp3) is 0.167. The number of aryl methyl sites for hydroxylation is 1. The summed E-state index contributed by atoms with van der Waals surface area (Å²) in [6, 6.07) is 3.73. The highest BCUT2D eigenvalue weighted by molar-refractivity contribution is 14.1. The first-order chi connectivity index (χ1) is 9.43. The van der Waals surface area contributed by atoms with E-state index in [1.165, 1.54) is 30.1 Å². The minimum atomic E-state index is -2.81. The summed E-state index contributed by atoms with van der Waals surface area (Å²) in [5, 5.41) is 3.64. The molecule has 0 unspecified atom stereocenters. The zero-order valence-corrected chi connectivity index (χ0v) is 12.4. The second-order valence-corrected chi connectivity index (χ2v) is 5.11. The Morgan fingerprint density at radius 3 is 2.65 bits per heavy atom. The van der Waals surface area contributed by atoms with E-state index in [0.29, 0.717) is 15.7 Å². The van der Waals surface area contributed by atoms with Crippen molar-refractivity contribution in [2.24, 2.45) is 7.05 Å². The van der Waals surface area contributed by atoms with Crippen LogP contribution in [0.15, 0.2) is 24.4 Å². The summed E-state index contributed by atoms with van der Waals surface area (Å²) in [5.41, 5.74) is -0.210. The molecule has 0 saturated carbocycles. The zero-order valence-electron chi connectivity index (χ0n) is 10.2. The van der Waals surface area contributed by atoms with Gasteiger partial charge in [0.05, 0.1) is 11.4 Å². The molecule has 1 amide bonds. The molecule has 4 nitrogen and oxygen atoms in total. The first-order valence-electron chi connectivity index (χ1n) is 5.45. The van der Waals surface area contributed by atoms with Crippen LogP contribution in [0.3, 0.4) is 0 Å². The molecule has 1 aromatic heterocycles. The molecule has 1 heterocycles. The quantitative estimate of drug-likeness (QED) is 0.588. The number of aromatic nitrogens is 2. The van der Waals surface area contributed by atoms with Gasteiger partial charge in [0, 0.05) is 16.8 Å². The number of carbonyl (C=O) groups excluding carboxylic acids is 1. The molecule has 0 aliphatic rings. The second-order valence-electron chi connectivity index (χ2n) is 3.95. The van der Waals surface area contributed by atoms with E-state index in [0.717, 1.165) is 11.0 Å². The standard InChI is InChI=1S/C12H9F3IN3O/c1-18-5-10(11(17-18)12(14)15)19(6-20)9-3-2-7(13)4-8(9)16/h2-6,12H,1H3. The number of hydrogen-bond acceptors (Lipinski definition) is 2. The Labute approximate surface area is 126 Å². The van der Waals surface area contributed by atoms with Gasteiger partial charge in [-0.25, -0.2) is 13.2 Å². The van der Waals surface area contributed by atoms with Gasteiger partial charge in [-0.2, -0.15) is 5.10 Å². The van der Waals surface area contributed by atoms with Crippen LogP contribution in [0.25, 0.3) is 0 Å². The topological polar surface area (TPSA) is 38.1 Å². The maximum atomic E-state index is 13.1. The third kappa shape index (κ3) is 2.79. The molecule has 2 aromatic rings. The van der Waals surface area contributed by atoms with E-state index in [9.17, 15) is 18.0 Å². The van der Waals surface area contributed by atoms with Crippen molar-refractivity contribution in [3.63, 3.8) is 0 Å². The second kappa shape index (κ2) is 5.81. The number of alkyl halides is 2. The van der Waals surface area contributed by atoms with Gasteiger partial charge in [-0.1, -0.05) is 0 Å². The lowest BCUT2D eigenvalue weighted by molar-refractivity contribution is -0.106. The van der Waals surface area contributed by atoms with Crippen molar-refractivity contribution in [1.29, 1.82) is 0 Å². The molecule has 2 rings (SSSR count). The summed E-state index contributed by atoms with van der Waals surface area (Å²) in [7, 11) is 1.48. The highest BCUT2D eigenvalue weighted by atomic mass is 127. The highest BCUT2D eigenvalue weighted by Gasteiger charge is 2.24. The molecule has 0 fully saturated rings. The summed E-state index contributed by atoms with van der Waals surface area (Å²) >= 11 is 1.83. The Balaban J connectivity index is 2.55. The fourth-order valence-corrected chi connectivity index (χ4v) is 2.49. The number of hydrogen-bond donors (Lipinski definition) is 0. The Kier molecular flexibility index (Phi) is 4.31. The number of anilines is 2. The van der Waals surface area contributed by atoms with Crippen molar-refractivity contribution < 1.29 is 18.0 Å². The van der Waals surface area contributed by atoms with E-state index in [4.69, 9.17) is 0 Å². The van der Waals surface area contributed by atoms with E-state index in [1.807, 2.05) is 22.6 Å². The molecule has 0 spiro atoms. The lowest BCUT2D eigenvalue weighted by Gasteiger charge is -2.18. The molecule has 0 aliphatic carbocycles.